The zero-order valence-electron chi connectivity index (χ0n) is 14.0. The summed E-state index contributed by atoms with van der Waals surface area (Å²) in [6.07, 6.45) is 2.94. The molecule has 0 spiro atoms. The number of amides is 1. The standard InChI is InChI=1S/C17H19Cl2N5O2/c18-13-1-2-14(19)15(9-13)23-16(25)12-10-21-17(22-11-12)20-3-4-24-5-7-26-8-6-24/h1-2,9-11H,3-8H2,(H,23,25)(H,20,21,22). The number of carbonyl (C=O) groups is 1. The number of ether oxygens (including phenoxy) is 1. The molecule has 138 valence electrons. The van der Waals surface area contributed by atoms with Gasteiger partial charge in [0.05, 0.1) is 29.5 Å². The number of nitrogens with zero attached hydrogens (tertiary/aromatic N) is 3. The first-order valence-corrected chi connectivity index (χ1v) is 9.00. The maximum Gasteiger partial charge on any atom is 0.258 e. The van der Waals surface area contributed by atoms with Crippen molar-refractivity contribution < 1.29 is 9.53 Å². The predicted octanol–water partition coefficient (Wildman–Crippen LogP) is 2.78. The number of halogens is 2. The van der Waals surface area contributed by atoms with Gasteiger partial charge in [0.15, 0.2) is 0 Å². The summed E-state index contributed by atoms with van der Waals surface area (Å²) >= 11 is 12.0. The summed E-state index contributed by atoms with van der Waals surface area (Å²) in [5, 5.41) is 6.74. The van der Waals surface area contributed by atoms with E-state index in [1.807, 2.05) is 0 Å². The smallest absolute Gasteiger partial charge is 0.258 e. The number of aromatic nitrogens is 2. The Kier molecular flexibility index (Phi) is 6.62. The lowest BCUT2D eigenvalue weighted by molar-refractivity contribution is 0.0398. The van der Waals surface area contributed by atoms with Crippen LogP contribution in [0.15, 0.2) is 30.6 Å². The second-order valence-corrected chi connectivity index (χ2v) is 6.60. The van der Waals surface area contributed by atoms with E-state index < -0.39 is 0 Å². The lowest BCUT2D eigenvalue weighted by atomic mass is 10.2. The van der Waals surface area contributed by atoms with Gasteiger partial charge in [0, 0.05) is 43.6 Å². The second-order valence-electron chi connectivity index (χ2n) is 5.75. The third kappa shape index (κ3) is 5.28. The number of carbonyl (C=O) groups excluding carboxylic acids is 1. The van der Waals surface area contributed by atoms with Gasteiger partial charge in [-0.15, -0.1) is 0 Å². The molecule has 7 nitrogen and oxygen atoms in total. The molecule has 1 amide bonds. The summed E-state index contributed by atoms with van der Waals surface area (Å²) in [5.74, 6) is 0.129. The van der Waals surface area contributed by atoms with Gasteiger partial charge in [-0.2, -0.15) is 0 Å². The molecule has 9 heteroatoms. The van der Waals surface area contributed by atoms with E-state index in [2.05, 4.69) is 25.5 Å². The second kappa shape index (κ2) is 9.14. The first kappa shape index (κ1) is 18.8. The highest BCUT2D eigenvalue weighted by Gasteiger charge is 2.12. The maximum absolute atomic E-state index is 12.3. The molecule has 26 heavy (non-hydrogen) atoms. The van der Waals surface area contributed by atoms with E-state index in [1.54, 1.807) is 18.2 Å². The Morgan fingerprint density at radius 1 is 1.19 bits per heavy atom. The van der Waals surface area contributed by atoms with Crippen molar-refractivity contribution in [2.75, 3.05) is 50.0 Å². The van der Waals surface area contributed by atoms with Gasteiger partial charge in [0.2, 0.25) is 5.95 Å². The zero-order chi connectivity index (χ0) is 18.4. The summed E-state index contributed by atoms with van der Waals surface area (Å²) in [6.45, 7) is 5.04. The molecule has 1 aromatic heterocycles. The monoisotopic (exact) mass is 395 g/mol. The van der Waals surface area contributed by atoms with Gasteiger partial charge < -0.3 is 15.4 Å². The number of nitrogens with one attached hydrogen (secondary N) is 2. The minimum absolute atomic E-state index is 0.333. The average Bonchev–Trinajstić information content (AvgIpc) is 2.66. The van der Waals surface area contributed by atoms with E-state index in [1.165, 1.54) is 12.4 Å². The van der Waals surface area contributed by atoms with Crippen LogP contribution in [-0.2, 0) is 4.74 Å². The van der Waals surface area contributed by atoms with E-state index in [9.17, 15) is 4.79 Å². The van der Waals surface area contributed by atoms with E-state index in [0.29, 0.717) is 27.2 Å². The lowest BCUT2D eigenvalue weighted by Crippen LogP contribution is -2.39. The number of benzene rings is 1. The SMILES string of the molecule is O=C(Nc1cc(Cl)ccc1Cl)c1cnc(NCCN2CCOCC2)nc1. The maximum atomic E-state index is 12.3. The van der Waals surface area contributed by atoms with Crippen molar-refractivity contribution in [1.82, 2.24) is 14.9 Å². The predicted molar refractivity (Wildman–Crippen MR) is 102 cm³/mol. The van der Waals surface area contributed by atoms with Gasteiger partial charge in [-0.25, -0.2) is 9.97 Å². The quantitative estimate of drug-likeness (QED) is 0.782. The molecule has 0 aliphatic carbocycles. The molecular formula is C17H19Cl2N5O2. The molecule has 0 unspecified atom stereocenters. The molecule has 0 saturated carbocycles. The molecule has 0 radical (unpaired) electrons. The van der Waals surface area contributed by atoms with Crippen LogP contribution in [0.5, 0.6) is 0 Å². The van der Waals surface area contributed by atoms with Crippen LogP contribution < -0.4 is 10.6 Å². The Morgan fingerprint density at radius 3 is 2.65 bits per heavy atom. The largest absolute Gasteiger partial charge is 0.379 e. The average molecular weight is 396 g/mol. The fourth-order valence-electron chi connectivity index (χ4n) is 2.47. The number of anilines is 2. The molecule has 1 aliphatic heterocycles. The van der Waals surface area contributed by atoms with E-state index >= 15 is 0 Å². The highest BCUT2D eigenvalue weighted by Crippen LogP contribution is 2.25. The number of hydrogen-bond acceptors (Lipinski definition) is 6. The Balaban J connectivity index is 1.51. The molecule has 2 N–H and O–H groups in total. The van der Waals surface area contributed by atoms with Crippen LogP contribution in [0.2, 0.25) is 10.0 Å². The summed E-state index contributed by atoms with van der Waals surface area (Å²) in [5.41, 5.74) is 0.775. The van der Waals surface area contributed by atoms with Crippen molar-refractivity contribution in [2.24, 2.45) is 0 Å². The van der Waals surface area contributed by atoms with Crippen LogP contribution in [0.1, 0.15) is 10.4 Å². The van der Waals surface area contributed by atoms with Crippen LogP contribution in [0.3, 0.4) is 0 Å². The molecule has 3 rings (SSSR count). The zero-order valence-corrected chi connectivity index (χ0v) is 15.6. The van der Waals surface area contributed by atoms with Crippen molar-refractivity contribution >= 4 is 40.7 Å². The van der Waals surface area contributed by atoms with Crippen LogP contribution in [0.4, 0.5) is 11.6 Å². The Morgan fingerprint density at radius 2 is 1.92 bits per heavy atom. The lowest BCUT2D eigenvalue weighted by Gasteiger charge is -2.26. The Hall–Kier alpha value is -1.93. The molecule has 1 fully saturated rings. The van der Waals surface area contributed by atoms with Gasteiger partial charge in [0.1, 0.15) is 0 Å². The van der Waals surface area contributed by atoms with Crippen molar-refractivity contribution in [1.29, 1.82) is 0 Å². The highest BCUT2D eigenvalue weighted by atomic mass is 35.5. The van der Waals surface area contributed by atoms with Crippen molar-refractivity contribution in [3.05, 3.63) is 46.2 Å². The molecule has 1 aromatic carbocycles. The minimum atomic E-state index is -0.353. The highest BCUT2D eigenvalue weighted by molar-refractivity contribution is 6.35. The van der Waals surface area contributed by atoms with Gasteiger partial charge in [-0.3, -0.25) is 9.69 Å². The van der Waals surface area contributed by atoms with Crippen LogP contribution in [0, 0.1) is 0 Å². The summed E-state index contributed by atoms with van der Waals surface area (Å²) in [4.78, 5) is 22.9. The number of morpholine rings is 1. The minimum Gasteiger partial charge on any atom is -0.379 e. The van der Waals surface area contributed by atoms with Crippen molar-refractivity contribution in [3.8, 4) is 0 Å². The molecule has 2 aromatic rings. The van der Waals surface area contributed by atoms with Gasteiger partial charge in [0.25, 0.3) is 5.91 Å². The van der Waals surface area contributed by atoms with Gasteiger partial charge >= 0.3 is 0 Å². The van der Waals surface area contributed by atoms with Gasteiger partial charge in [-0.05, 0) is 18.2 Å². The third-order valence-electron chi connectivity index (χ3n) is 3.91. The fourth-order valence-corrected chi connectivity index (χ4v) is 2.81. The molecule has 0 atom stereocenters. The first-order chi connectivity index (χ1) is 12.6. The molecule has 0 bridgehead atoms. The van der Waals surface area contributed by atoms with E-state index in [0.717, 1.165) is 39.4 Å². The van der Waals surface area contributed by atoms with Crippen molar-refractivity contribution in [3.63, 3.8) is 0 Å². The van der Waals surface area contributed by atoms with Crippen LogP contribution in [-0.4, -0.2) is 60.2 Å². The summed E-state index contributed by atoms with van der Waals surface area (Å²) in [6, 6.07) is 4.86. The molecule has 1 saturated heterocycles. The Bertz CT molecular complexity index is 751. The Labute approximate surface area is 161 Å². The molecule has 2 heterocycles. The van der Waals surface area contributed by atoms with E-state index in [-0.39, 0.29) is 5.91 Å². The normalized spacial score (nSPS) is 14.8. The number of rotatable bonds is 6. The summed E-state index contributed by atoms with van der Waals surface area (Å²) in [7, 11) is 0. The fraction of sp³-hybridized carbons (Fsp3) is 0.353. The van der Waals surface area contributed by atoms with E-state index in [4.69, 9.17) is 27.9 Å². The first-order valence-electron chi connectivity index (χ1n) is 8.24. The topological polar surface area (TPSA) is 79.4 Å². The molecular weight excluding hydrogens is 377 g/mol. The van der Waals surface area contributed by atoms with Gasteiger partial charge in [-0.1, -0.05) is 23.2 Å². The molecule has 1 aliphatic rings. The van der Waals surface area contributed by atoms with Crippen LogP contribution in [0.25, 0.3) is 0 Å². The van der Waals surface area contributed by atoms with Crippen molar-refractivity contribution in [2.45, 2.75) is 0 Å². The third-order valence-corrected chi connectivity index (χ3v) is 4.47. The number of hydrogen-bond donors (Lipinski definition) is 2. The summed E-state index contributed by atoms with van der Waals surface area (Å²) < 4.78 is 5.32. The van der Waals surface area contributed by atoms with Crippen LogP contribution >= 0.6 is 23.2 Å².